The van der Waals surface area contributed by atoms with Crippen LogP contribution in [0.2, 0.25) is 0 Å². The van der Waals surface area contributed by atoms with Gasteiger partial charge in [0.2, 0.25) is 5.89 Å². The van der Waals surface area contributed by atoms with E-state index in [9.17, 15) is 4.79 Å². The van der Waals surface area contributed by atoms with Crippen LogP contribution < -0.4 is 0 Å². The minimum absolute atomic E-state index is 0.268. The van der Waals surface area contributed by atoms with Crippen molar-refractivity contribution in [1.82, 2.24) is 10.2 Å². The average molecular weight is 308 g/mol. The molecule has 0 saturated heterocycles. The number of aromatic nitrogens is 2. The fourth-order valence-corrected chi connectivity index (χ4v) is 2.06. The zero-order valence-corrected chi connectivity index (χ0v) is 12.9. The molecule has 0 unspecified atom stereocenters. The van der Waals surface area contributed by atoms with E-state index in [1.807, 2.05) is 49.4 Å². The molecule has 2 aromatic carbocycles. The molecule has 23 heavy (non-hydrogen) atoms. The van der Waals surface area contributed by atoms with E-state index in [1.165, 1.54) is 0 Å². The number of nitrogens with zero attached hydrogens (tertiary/aromatic N) is 2. The number of benzene rings is 2. The Hall–Kier alpha value is -2.95. The molecule has 0 spiro atoms. The van der Waals surface area contributed by atoms with E-state index in [2.05, 4.69) is 10.2 Å². The summed E-state index contributed by atoms with van der Waals surface area (Å²) in [5, 5.41) is 7.95. The summed E-state index contributed by atoms with van der Waals surface area (Å²) in [6, 6.07) is 16.6. The standard InChI is InChI=1S/C18H16N2O3/c1-12-8-10-15(11-9-12)18(21)22-13(2)16-19-20-17(23-16)14-6-4-3-5-7-14/h3-11,13H,1-2H3/t13-/m0/s1. The maximum absolute atomic E-state index is 12.1. The van der Waals surface area contributed by atoms with Crippen LogP contribution in [0.4, 0.5) is 0 Å². The van der Waals surface area contributed by atoms with Crippen molar-refractivity contribution in [3.63, 3.8) is 0 Å². The number of hydrogen-bond donors (Lipinski definition) is 0. The predicted octanol–water partition coefficient (Wildman–Crippen LogP) is 3.96. The lowest BCUT2D eigenvalue weighted by molar-refractivity contribution is 0.0280. The summed E-state index contributed by atoms with van der Waals surface area (Å²) in [7, 11) is 0. The largest absolute Gasteiger partial charge is 0.449 e. The van der Waals surface area contributed by atoms with Gasteiger partial charge in [-0.1, -0.05) is 35.9 Å². The van der Waals surface area contributed by atoms with Crippen LogP contribution in [0.15, 0.2) is 59.0 Å². The zero-order chi connectivity index (χ0) is 16.2. The summed E-state index contributed by atoms with van der Waals surface area (Å²) in [5.41, 5.74) is 2.40. The quantitative estimate of drug-likeness (QED) is 0.682. The summed E-state index contributed by atoms with van der Waals surface area (Å²) < 4.78 is 11.0. The van der Waals surface area contributed by atoms with Crippen LogP contribution in [0.5, 0.6) is 0 Å². The summed E-state index contributed by atoms with van der Waals surface area (Å²) in [6.45, 7) is 3.66. The number of esters is 1. The van der Waals surface area contributed by atoms with Crippen molar-refractivity contribution < 1.29 is 13.9 Å². The normalized spacial score (nSPS) is 11.9. The van der Waals surface area contributed by atoms with Crippen molar-refractivity contribution in [1.29, 1.82) is 0 Å². The second-order valence-electron chi connectivity index (χ2n) is 5.23. The Labute approximate surface area is 133 Å². The fraction of sp³-hybridized carbons (Fsp3) is 0.167. The van der Waals surface area contributed by atoms with E-state index in [1.54, 1.807) is 19.1 Å². The Balaban J connectivity index is 1.71. The smallest absolute Gasteiger partial charge is 0.338 e. The molecule has 1 atom stereocenters. The minimum atomic E-state index is -0.617. The molecule has 0 aliphatic rings. The Morgan fingerprint density at radius 2 is 1.74 bits per heavy atom. The molecular weight excluding hydrogens is 292 g/mol. The average Bonchev–Trinajstić information content (AvgIpc) is 3.06. The van der Waals surface area contributed by atoms with Crippen molar-refractivity contribution in [2.75, 3.05) is 0 Å². The molecule has 3 rings (SSSR count). The first kappa shape index (κ1) is 15.0. The number of ether oxygens (including phenoxy) is 1. The molecule has 0 N–H and O–H groups in total. The van der Waals surface area contributed by atoms with Crippen LogP contribution in [0.1, 0.15) is 34.8 Å². The van der Waals surface area contributed by atoms with Crippen LogP contribution in [0.25, 0.3) is 11.5 Å². The molecule has 0 aliphatic carbocycles. The summed E-state index contributed by atoms with van der Waals surface area (Å²) >= 11 is 0. The van der Waals surface area contributed by atoms with E-state index < -0.39 is 12.1 Å². The molecule has 1 heterocycles. The van der Waals surface area contributed by atoms with Crippen LogP contribution >= 0.6 is 0 Å². The van der Waals surface area contributed by atoms with Gasteiger partial charge in [0.1, 0.15) is 0 Å². The summed E-state index contributed by atoms with van der Waals surface area (Å²) in [4.78, 5) is 12.1. The van der Waals surface area contributed by atoms with Gasteiger partial charge in [-0.15, -0.1) is 10.2 Å². The van der Waals surface area contributed by atoms with Crippen LogP contribution in [0, 0.1) is 6.92 Å². The number of hydrogen-bond acceptors (Lipinski definition) is 5. The SMILES string of the molecule is Cc1ccc(C(=O)O[C@@H](C)c2nnc(-c3ccccc3)o2)cc1. The third-order valence-corrected chi connectivity index (χ3v) is 3.38. The van der Waals surface area contributed by atoms with Gasteiger partial charge in [-0.05, 0) is 38.1 Å². The van der Waals surface area contributed by atoms with Crippen LogP contribution in [-0.2, 0) is 4.74 Å². The molecule has 0 bridgehead atoms. The van der Waals surface area contributed by atoms with Crippen LogP contribution in [0.3, 0.4) is 0 Å². The van der Waals surface area contributed by atoms with Crippen molar-refractivity contribution >= 4 is 5.97 Å². The van der Waals surface area contributed by atoms with E-state index >= 15 is 0 Å². The second-order valence-corrected chi connectivity index (χ2v) is 5.23. The molecule has 5 heteroatoms. The molecule has 0 radical (unpaired) electrons. The van der Waals surface area contributed by atoms with Gasteiger partial charge in [-0.2, -0.15) is 0 Å². The van der Waals surface area contributed by atoms with Gasteiger partial charge in [-0.25, -0.2) is 4.79 Å². The minimum Gasteiger partial charge on any atom is -0.449 e. The Kier molecular flexibility index (Phi) is 4.19. The summed E-state index contributed by atoms with van der Waals surface area (Å²) in [6.07, 6.45) is -0.617. The summed E-state index contributed by atoms with van der Waals surface area (Å²) in [5.74, 6) is 0.250. The van der Waals surface area contributed by atoms with Gasteiger partial charge in [0.05, 0.1) is 5.56 Å². The molecule has 0 amide bonds. The van der Waals surface area contributed by atoms with Gasteiger partial charge in [-0.3, -0.25) is 0 Å². The van der Waals surface area contributed by atoms with Gasteiger partial charge in [0.25, 0.3) is 5.89 Å². The molecular formula is C18H16N2O3. The second kappa shape index (κ2) is 6.44. The predicted molar refractivity (Wildman–Crippen MR) is 84.7 cm³/mol. The van der Waals surface area contributed by atoms with Gasteiger partial charge in [0.15, 0.2) is 6.10 Å². The Morgan fingerprint density at radius 3 is 2.43 bits per heavy atom. The molecule has 1 aromatic heterocycles. The third kappa shape index (κ3) is 3.45. The van der Waals surface area contributed by atoms with Gasteiger partial charge < -0.3 is 9.15 Å². The third-order valence-electron chi connectivity index (χ3n) is 3.38. The zero-order valence-electron chi connectivity index (χ0n) is 12.9. The van der Waals surface area contributed by atoms with Crippen molar-refractivity contribution in [2.24, 2.45) is 0 Å². The van der Waals surface area contributed by atoms with E-state index in [4.69, 9.17) is 9.15 Å². The maximum Gasteiger partial charge on any atom is 0.338 e. The molecule has 0 aliphatic heterocycles. The van der Waals surface area contributed by atoms with Crippen molar-refractivity contribution in [3.05, 3.63) is 71.6 Å². The molecule has 0 saturated carbocycles. The van der Waals surface area contributed by atoms with E-state index in [0.29, 0.717) is 11.5 Å². The lowest BCUT2D eigenvalue weighted by atomic mass is 10.1. The topological polar surface area (TPSA) is 65.2 Å². The number of carbonyl (C=O) groups excluding carboxylic acids is 1. The number of carbonyl (C=O) groups is 1. The molecule has 0 fully saturated rings. The van der Waals surface area contributed by atoms with Crippen molar-refractivity contribution in [3.8, 4) is 11.5 Å². The van der Waals surface area contributed by atoms with Crippen LogP contribution in [-0.4, -0.2) is 16.2 Å². The lowest BCUT2D eigenvalue weighted by Gasteiger charge is -2.09. The first-order valence-corrected chi connectivity index (χ1v) is 7.30. The molecule has 5 nitrogen and oxygen atoms in total. The van der Waals surface area contributed by atoms with Gasteiger partial charge >= 0.3 is 5.97 Å². The van der Waals surface area contributed by atoms with E-state index in [0.717, 1.165) is 11.1 Å². The first-order chi connectivity index (χ1) is 11.1. The highest BCUT2D eigenvalue weighted by Crippen LogP contribution is 2.22. The number of rotatable bonds is 4. The van der Waals surface area contributed by atoms with E-state index in [-0.39, 0.29) is 5.89 Å². The Bertz CT molecular complexity index is 795. The first-order valence-electron chi connectivity index (χ1n) is 7.30. The fourth-order valence-electron chi connectivity index (χ4n) is 2.06. The monoisotopic (exact) mass is 308 g/mol. The van der Waals surface area contributed by atoms with Crippen molar-refractivity contribution in [2.45, 2.75) is 20.0 Å². The number of aryl methyl sites for hydroxylation is 1. The molecule has 116 valence electrons. The highest BCUT2D eigenvalue weighted by atomic mass is 16.6. The van der Waals surface area contributed by atoms with Gasteiger partial charge in [0, 0.05) is 5.56 Å². The Morgan fingerprint density at radius 1 is 1.04 bits per heavy atom. The lowest BCUT2D eigenvalue weighted by Crippen LogP contribution is -2.09. The maximum atomic E-state index is 12.1. The highest BCUT2D eigenvalue weighted by molar-refractivity contribution is 5.89. The highest BCUT2D eigenvalue weighted by Gasteiger charge is 2.19. The molecule has 3 aromatic rings.